The van der Waals surface area contributed by atoms with E-state index in [0.717, 1.165) is 21.6 Å². The SMILES string of the molecule is [O-]c1nc2cc(O)cc(C3CO3)c2s1.[Rb+]. The number of rotatable bonds is 1. The van der Waals surface area contributed by atoms with Crippen LogP contribution in [0.5, 0.6) is 10.9 Å². The minimum atomic E-state index is -0.229. The second-order valence-electron chi connectivity index (χ2n) is 3.18. The zero-order valence-electron chi connectivity index (χ0n) is 8.06. The van der Waals surface area contributed by atoms with Crippen molar-refractivity contribution in [1.82, 2.24) is 4.98 Å². The number of hydrogen-bond donors (Lipinski definition) is 1. The second-order valence-corrected chi connectivity index (χ2v) is 4.15. The van der Waals surface area contributed by atoms with Gasteiger partial charge >= 0.3 is 58.2 Å². The monoisotopic (exact) mass is 293 g/mol. The van der Waals surface area contributed by atoms with Gasteiger partial charge in [0.05, 0.1) is 16.8 Å². The fourth-order valence-electron chi connectivity index (χ4n) is 1.49. The van der Waals surface area contributed by atoms with Crippen molar-refractivity contribution in [2.24, 2.45) is 0 Å². The number of phenolic OH excluding ortho intramolecular Hbond substituents is 1. The Morgan fingerprint density at radius 3 is 2.93 bits per heavy atom. The Morgan fingerprint density at radius 2 is 2.27 bits per heavy atom. The van der Waals surface area contributed by atoms with Crippen LogP contribution in [0.25, 0.3) is 10.2 Å². The number of thiazole rings is 1. The first-order valence-electron chi connectivity index (χ1n) is 4.16. The van der Waals surface area contributed by atoms with E-state index in [2.05, 4.69) is 4.98 Å². The molecule has 0 aliphatic carbocycles. The van der Waals surface area contributed by atoms with Crippen molar-refractivity contribution in [2.45, 2.75) is 6.10 Å². The Morgan fingerprint density at radius 1 is 1.53 bits per heavy atom. The fraction of sp³-hybridized carbons (Fsp3) is 0.222. The summed E-state index contributed by atoms with van der Waals surface area (Å²) in [6.07, 6.45) is 0.0319. The molecule has 1 aromatic heterocycles. The number of hydrogen-bond acceptors (Lipinski definition) is 5. The van der Waals surface area contributed by atoms with Crippen LogP contribution in [-0.4, -0.2) is 16.7 Å². The van der Waals surface area contributed by atoms with Crippen LogP contribution in [0.2, 0.25) is 0 Å². The first-order chi connectivity index (χ1) is 6.74. The van der Waals surface area contributed by atoms with E-state index >= 15 is 0 Å². The van der Waals surface area contributed by atoms with Crippen LogP contribution in [0.3, 0.4) is 0 Å². The summed E-state index contributed by atoms with van der Waals surface area (Å²) in [4.78, 5) is 3.79. The Bertz CT molecular complexity index is 509. The third-order valence-electron chi connectivity index (χ3n) is 2.16. The summed E-state index contributed by atoms with van der Waals surface area (Å²) in [5, 5.41) is 20.3. The van der Waals surface area contributed by atoms with Gasteiger partial charge in [-0.25, -0.2) is 0 Å². The van der Waals surface area contributed by atoms with E-state index in [9.17, 15) is 10.2 Å². The Kier molecular flexibility index (Phi) is 3.49. The number of aromatic nitrogens is 1. The van der Waals surface area contributed by atoms with Gasteiger partial charge < -0.3 is 14.9 Å². The number of ether oxygens (including phenoxy) is 1. The molecule has 1 atom stereocenters. The van der Waals surface area contributed by atoms with Crippen LogP contribution in [0.1, 0.15) is 11.7 Å². The second kappa shape index (κ2) is 4.39. The first-order valence-corrected chi connectivity index (χ1v) is 4.98. The maximum Gasteiger partial charge on any atom is 1.00 e. The summed E-state index contributed by atoms with van der Waals surface area (Å²) in [6.45, 7) is 0.657. The van der Waals surface area contributed by atoms with Crippen LogP contribution in [0.4, 0.5) is 0 Å². The van der Waals surface area contributed by atoms with Crippen molar-refractivity contribution < 1.29 is 73.1 Å². The van der Waals surface area contributed by atoms with E-state index in [1.165, 1.54) is 6.07 Å². The molecule has 1 aliphatic rings. The number of benzene rings is 1. The standard InChI is InChI=1S/C9H7NO3S.Rb/c11-4-1-5(7-3-13-7)8-6(2-4)10-9(12)14-8;/h1-2,7,11H,3H2,(H,10,12);/q;+1/p-1. The van der Waals surface area contributed by atoms with Crippen LogP contribution in [0.15, 0.2) is 12.1 Å². The molecule has 2 heterocycles. The Balaban J connectivity index is 0.000000853. The van der Waals surface area contributed by atoms with Crippen molar-refractivity contribution in [3.8, 4) is 10.9 Å². The molecule has 15 heavy (non-hydrogen) atoms. The van der Waals surface area contributed by atoms with Gasteiger partial charge in [0.25, 0.3) is 0 Å². The summed E-state index contributed by atoms with van der Waals surface area (Å²) < 4.78 is 5.96. The number of epoxide rings is 1. The van der Waals surface area contributed by atoms with E-state index in [-0.39, 0.29) is 75.2 Å². The van der Waals surface area contributed by atoms with Crippen molar-refractivity contribution in [2.75, 3.05) is 6.61 Å². The van der Waals surface area contributed by atoms with Gasteiger partial charge in [-0.05, 0) is 6.07 Å². The number of phenols is 1. The van der Waals surface area contributed by atoms with Crippen molar-refractivity contribution in [1.29, 1.82) is 0 Å². The summed E-state index contributed by atoms with van der Waals surface area (Å²) in [7, 11) is 0. The van der Waals surface area contributed by atoms with E-state index in [0.29, 0.717) is 12.1 Å². The summed E-state index contributed by atoms with van der Waals surface area (Å²) in [5.41, 5.74) is 1.44. The molecule has 3 rings (SSSR count). The molecule has 1 aliphatic heterocycles. The average Bonchev–Trinajstić information content (AvgIpc) is 2.87. The molecule has 0 bridgehead atoms. The van der Waals surface area contributed by atoms with Gasteiger partial charge in [0.2, 0.25) is 0 Å². The molecule has 0 amide bonds. The van der Waals surface area contributed by atoms with Gasteiger partial charge in [-0.3, -0.25) is 4.98 Å². The molecule has 0 saturated carbocycles. The molecule has 4 nitrogen and oxygen atoms in total. The van der Waals surface area contributed by atoms with Gasteiger partial charge in [-0.15, -0.1) is 11.3 Å². The maximum absolute atomic E-state index is 11.1. The molecular weight excluding hydrogens is 288 g/mol. The molecule has 0 radical (unpaired) electrons. The molecule has 1 unspecified atom stereocenters. The topological polar surface area (TPSA) is 68.7 Å². The molecule has 0 spiro atoms. The number of fused-ring (bicyclic) bond motifs is 1. The molecule has 1 N–H and O–H groups in total. The van der Waals surface area contributed by atoms with Crippen molar-refractivity contribution in [3.05, 3.63) is 17.7 Å². The van der Waals surface area contributed by atoms with E-state index in [1.54, 1.807) is 6.07 Å². The van der Waals surface area contributed by atoms with Crippen molar-refractivity contribution in [3.63, 3.8) is 0 Å². The zero-order valence-corrected chi connectivity index (χ0v) is 13.8. The quantitative estimate of drug-likeness (QED) is 0.627. The van der Waals surface area contributed by atoms with E-state index < -0.39 is 0 Å². The summed E-state index contributed by atoms with van der Waals surface area (Å²) >= 11 is 1.10. The summed E-state index contributed by atoms with van der Waals surface area (Å²) in [5.74, 6) is 0.133. The minimum Gasteiger partial charge on any atom is -0.851 e. The van der Waals surface area contributed by atoms with E-state index in [1.807, 2.05) is 0 Å². The van der Waals surface area contributed by atoms with Crippen LogP contribution >= 0.6 is 11.3 Å². The van der Waals surface area contributed by atoms with Crippen LogP contribution < -0.4 is 63.3 Å². The average molecular weight is 294 g/mol. The fourth-order valence-corrected chi connectivity index (χ4v) is 2.33. The summed E-state index contributed by atoms with van der Waals surface area (Å²) in [6, 6.07) is 3.14. The smallest absolute Gasteiger partial charge is 0.851 e. The van der Waals surface area contributed by atoms with Crippen molar-refractivity contribution >= 4 is 21.6 Å². The minimum absolute atomic E-state index is 0. The van der Waals surface area contributed by atoms with Gasteiger partial charge in [-0.1, -0.05) is 0 Å². The zero-order chi connectivity index (χ0) is 9.71. The molecule has 1 saturated heterocycles. The van der Waals surface area contributed by atoms with E-state index in [4.69, 9.17) is 4.74 Å². The Labute approximate surface area is 139 Å². The third kappa shape index (κ3) is 2.27. The Hall–Kier alpha value is 0.475. The number of nitrogens with zero attached hydrogens (tertiary/aromatic N) is 1. The maximum atomic E-state index is 11.1. The van der Waals surface area contributed by atoms with Gasteiger partial charge in [0, 0.05) is 16.8 Å². The number of aromatic hydroxyl groups is 1. The molecule has 72 valence electrons. The first kappa shape index (κ1) is 11.9. The molecular formula is C9H6NO3RbS. The molecule has 2 aromatic rings. The predicted octanol–water partition coefficient (Wildman–Crippen LogP) is -1.85. The van der Waals surface area contributed by atoms with Gasteiger partial charge in [0.1, 0.15) is 11.9 Å². The van der Waals surface area contributed by atoms with Gasteiger partial charge in [-0.2, -0.15) is 0 Å². The third-order valence-corrected chi connectivity index (χ3v) is 3.08. The normalized spacial score (nSPS) is 18.8. The van der Waals surface area contributed by atoms with Gasteiger partial charge in [0.15, 0.2) is 0 Å². The molecule has 1 fully saturated rings. The molecule has 1 aromatic carbocycles. The predicted molar refractivity (Wildman–Crippen MR) is 49.4 cm³/mol. The largest absolute Gasteiger partial charge is 1.00 e. The van der Waals surface area contributed by atoms with Crippen LogP contribution in [0, 0.1) is 0 Å². The van der Waals surface area contributed by atoms with Crippen LogP contribution in [-0.2, 0) is 4.74 Å². The molecule has 6 heteroatoms.